The van der Waals surface area contributed by atoms with Crippen LogP contribution in [0.2, 0.25) is 0 Å². The first-order valence-electron chi connectivity index (χ1n) is 6.86. The number of ether oxygens (including phenoxy) is 1. The zero-order valence-corrected chi connectivity index (χ0v) is 14.9. The second-order valence-corrected chi connectivity index (χ2v) is 4.38. The predicted molar refractivity (Wildman–Crippen MR) is 95.9 cm³/mol. The highest BCUT2D eigenvalue weighted by molar-refractivity contribution is 14.0. The summed E-state index contributed by atoms with van der Waals surface area (Å²) in [5.41, 5.74) is 1.25. The summed E-state index contributed by atoms with van der Waals surface area (Å²) in [5, 5.41) is 6.67. The van der Waals surface area contributed by atoms with Gasteiger partial charge < -0.3 is 15.4 Å². The Balaban J connectivity index is 0.00000361. The largest absolute Gasteiger partial charge is 0.385 e. The zero-order chi connectivity index (χ0) is 13.9. The number of halogens is 1. The number of benzene rings is 1. The number of rotatable bonds is 7. The molecule has 0 aliphatic heterocycles. The summed E-state index contributed by atoms with van der Waals surface area (Å²) in [6.07, 6.45) is 0.937. The van der Waals surface area contributed by atoms with E-state index in [1.807, 2.05) is 6.07 Å². The van der Waals surface area contributed by atoms with E-state index in [1.165, 1.54) is 5.56 Å². The van der Waals surface area contributed by atoms with Crippen molar-refractivity contribution in [3.63, 3.8) is 0 Å². The van der Waals surface area contributed by atoms with Crippen molar-refractivity contribution in [2.75, 3.05) is 26.8 Å². The molecule has 5 heteroatoms. The van der Waals surface area contributed by atoms with Gasteiger partial charge in [-0.15, -0.1) is 24.0 Å². The highest BCUT2D eigenvalue weighted by Crippen LogP contribution is 2.10. The summed E-state index contributed by atoms with van der Waals surface area (Å²) >= 11 is 0. The maximum absolute atomic E-state index is 5.02. The van der Waals surface area contributed by atoms with Crippen molar-refractivity contribution in [2.24, 2.45) is 4.99 Å². The van der Waals surface area contributed by atoms with Gasteiger partial charge in [0.25, 0.3) is 0 Å². The van der Waals surface area contributed by atoms with E-state index in [1.54, 1.807) is 7.11 Å². The number of guanidine groups is 1. The van der Waals surface area contributed by atoms with Crippen LogP contribution < -0.4 is 10.6 Å². The van der Waals surface area contributed by atoms with Gasteiger partial charge in [0.1, 0.15) is 0 Å². The molecule has 0 amide bonds. The molecule has 0 spiro atoms. The van der Waals surface area contributed by atoms with Gasteiger partial charge in [-0.3, -0.25) is 4.99 Å². The Morgan fingerprint density at radius 3 is 2.60 bits per heavy atom. The van der Waals surface area contributed by atoms with Crippen LogP contribution in [-0.2, 0) is 4.74 Å². The number of nitrogens with one attached hydrogen (secondary N) is 2. The van der Waals surface area contributed by atoms with Crippen molar-refractivity contribution < 1.29 is 4.74 Å². The number of aliphatic imine (C=N–C) groups is 1. The lowest BCUT2D eigenvalue weighted by atomic mass is 10.1. The molecule has 4 nitrogen and oxygen atoms in total. The van der Waals surface area contributed by atoms with Gasteiger partial charge in [0.15, 0.2) is 5.96 Å². The van der Waals surface area contributed by atoms with E-state index >= 15 is 0 Å². The molecular formula is C15H26IN3O. The number of nitrogens with zero attached hydrogens (tertiary/aromatic N) is 1. The Bertz CT molecular complexity index is 371. The molecule has 20 heavy (non-hydrogen) atoms. The topological polar surface area (TPSA) is 45.7 Å². The molecule has 0 aliphatic rings. The smallest absolute Gasteiger partial charge is 0.191 e. The van der Waals surface area contributed by atoms with Crippen LogP contribution in [0.5, 0.6) is 0 Å². The lowest BCUT2D eigenvalue weighted by Gasteiger charge is -2.18. The molecular weight excluding hydrogens is 365 g/mol. The number of methoxy groups -OCH3 is 1. The summed E-state index contributed by atoms with van der Waals surface area (Å²) in [6, 6.07) is 10.6. The van der Waals surface area contributed by atoms with E-state index in [2.05, 4.69) is 53.7 Å². The monoisotopic (exact) mass is 391 g/mol. The Morgan fingerprint density at radius 1 is 1.30 bits per heavy atom. The lowest BCUT2D eigenvalue weighted by Crippen LogP contribution is -2.38. The summed E-state index contributed by atoms with van der Waals surface area (Å²) in [6.45, 7) is 6.58. The van der Waals surface area contributed by atoms with Crippen molar-refractivity contribution in [1.82, 2.24) is 10.6 Å². The molecule has 1 aromatic carbocycles. The first-order chi connectivity index (χ1) is 9.27. The third-order valence-corrected chi connectivity index (χ3v) is 2.77. The Hall–Kier alpha value is -0.820. The van der Waals surface area contributed by atoms with Crippen LogP contribution in [0, 0.1) is 0 Å². The van der Waals surface area contributed by atoms with E-state index in [4.69, 9.17) is 4.74 Å². The van der Waals surface area contributed by atoms with Crippen molar-refractivity contribution in [3.8, 4) is 0 Å². The molecule has 0 fully saturated rings. The zero-order valence-electron chi connectivity index (χ0n) is 12.6. The van der Waals surface area contributed by atoms with Crippen LogP contribution in [0.3, 0.4) is 0 Å². The van der Waals surface area contributed by atoms with Crippen molar-refractivity contribution in [3.05, 3.63) is 35.9 Å². The molecule has 2 N–H and O–H groups in total. The molecule has 1 unspecified atom stereocenters. The molecule has 0 aliphatic carbocycles. The Morgan fingerprint density at radius 2 is 2.00 bits per heavy atom. The maximum atomic E-state index is 5.02. The Labute approximate surface area is 139 Å². The van der Waals surface area contributed by atoms with Gasteiger partial charge in [0.2, 0.25) is 0 Å². The van der Waals surface area contributed by atoms with Crippen LogP contribution in [0.4, 0.5) is 0 Å². The SMILES string of the molecule is CCNC(=NCCCOC)NC(C)c1ccccc1.I. The summed E-state index contributed by atoms with van der Waals surface area (Å²) in [4.78, 5) is 4.53. The normalized spacial score (nSPS) is 12.4. The second kappa shape index (κ2) is 12.0. The fourth-order valence-corrected chi connectivity index (χ4v) is 1.75. The van der Waals surface area contributed by atoms with Gasteiger partial charge in [-0.25, -0.2) is 0 Å². The molecule has 0 saturated heterocycles. The molecule has 1 rings (SSSR count). The fraction of sp³-hybridized carbons (Fsp3) is 0.533. The highest BCUT2D eigenvalue weighted by atomic mass is 127. The minimum absolute atomic E-state index is 0. The Kier molecular flexibility index (Phi) is 11.5. The molecule has 114 valence electrons. The maximum Gasteiger partial charge on any atom is 0.191 e. The van der Waals surface area contributed by atoms with Gasteiger partial charge in [-0.2, -0.15) is 0 Å². The van der Waals surface area contributed by atoms with Gasteiger partial charge in [0.05, 0.1) is 6.04 Å². The van der Waals surface area contributed by atoms with Gasteiger partial charge >= 0.3 is 0 Å². The molecule has 0 saturated carbocycles. The van der Waals surface area contributed by atoms with Crippen LogP contribution in [-0.4, -0.2) is 32.8 Å². The van der Waals surface area contributed by atoms with E-state index in [-0.39, 0.29) is 30.0 Å². The number of hydrogen-bond acceptors (Lipinski definition) is 2. The molecule has 0 heterocycles. The highest BCUT2D eigenvalue weighted by Gasteiger charge is 2.06. The minimum atomic E-state index is 0. The summed E-state index contributed by atoms with van der Waals surface area (Å²) < 4.78 is 5.02. The van der Waals surface area contributed by atoms with Crippen LogP contribution in [0.1, 0.15) is 31.9 Å². The van der Waals surface area contributed by atoms with Crippen molar-refractivity contribution >= 4 is 29.9 Å². The first-order valence-corrected chi connectivity index (χ1v) is 6.86. The van der Waals surface area contributed by atoms with Gasteiger partial charge in [-0.05, 0) is 25.8 Å². The third-order valence-electron chi connectivity index (χ3n) is 2.77. The van der Waals surface area contributed by atoms with E-state index in [0.29, 0.717) is 0 Å². The summed E-state index contributed by atoms with van der Waals surface area (Å²) in [7, 11) is 1.71. The quantitative estimate of drug-likeness (QED) is 0.325. The standard InChI is InChI=1S/C15H25N3O.HI/c1-4-16-15(17-11-8-12-19-3)18-13(2)14-9-6-5-7-10-14;/h5-7,9-10,13H,4,8,11-12H2,1-3H3,(H2,16,17,18);1H. The van der Waals surface area contributed by atoms with Crippen molar-refractivity contribution in [1.29, 1.82) is 0 Å². The fourth-order valence-electron chi connectivity index (χ4n) is 1.75. The van der Waals surface area contributed by atoms with Gasteiger partial charge in [-0.1, -0.05) is 30.3 Å². The molecule has 0 aromatic heterocycles. The van der Waals surface area contributed by atoms with E-state index in [0.717, 1.165) is 32.1 Å². The third kappa shape index (κ3) is 7.69. The second-order valence-electron chi connectivity index (χ2n) is 4.38. The first kappa shape index (κ1) is 19.2. The molecule has 0 radical (unpaired) electrons. The summed E-state index contributed by atoms with van der Waals surface area (Å²) in [5.74, 6) is 0.856. The molecule has 1 aromatic rings. The molecule has 0 bridgehead atoms. The van der Waals surface area contributed by atoms with Gasteiger partial charge in [0, 0.05) is 26.8 Å². The van der Waals surface area contributed by atoms with Crippen molar-refractivity contribution in [2.45, 2.75) is 26.3 Å². The average Bonchev–Trinajstić information content (AvgIpc) is 2.44. The minimum Gasteiger partial charge on any atom is -0.385 e. The van der Waals surface area contributed by atoms with Crippen LogP contribution in [0.25, 0.3) is 0 Å². The van der Waals surface area contributed by atoms with E-state index < -0.39 is 0 Å². The lowest BCUT2D eigenvalue weighted by molar-refractivity contribution is 0.197. The van der Waals surface area contributed by atoms with Crippen LogP contribution in [0.15, 0.2) is 35.3 Å². The average molecular weight is 391 g/mol. The molecule has 1 atom stereocenters. The predicted octanol–water partition coefficient (Wildman–Crippen LogP) is 2.96. The van der Waals surface area contributed by atoms with Crippen LogP contribution >= 0.6 is 24.0 Å². The van der Waals surface area contributed by atoms with E-state index in [9.17, 15) is 0 Å². The number of hydrogen-bond donors (Lipinski definition) is 2.